The summed E-state index contributed by atoms with van der Waals surface area (Å²) in [4.78, 5) is 23.1. The molecule has 2 rings (SSSR count). The number of nitrogens with zero attached hydrogens (tertiary/aromatic N) is 4. The Labute approximate surface area is 125 Å². The molecular weight excluding hydrogens is 290 g/mol. The van der Waals surface area contributed by atoms with Crippen LogP contribution < -0.4 is 5.32 Å². The van der Waals surface area contributed by atoms with Crippen molar-refractivity contribution in [1.82, 2.24) is 20.0 Å². The first-order chi connectivity index (χ1) is 10.3. The Morgan fingerprint density at radius 2 is 2.09 bits per heavy atom. The highest BCUT2D eigenvalue weighted by Gasteiger charge is 2.23. The van der Waals surface area contributed by atoms with Gasteiger partial charge in [-0.1, -0.05) is 0 Å². The molecule has 9 heteroatoms. The molecule has 0 aliphatic rings. The molecule has 0 saturated heterocycles. The van der Waals surface area contributed by atoms with Crippen LogP contribution in [0, 0.1) is 0 Å². The van der Waals surface area contributed by atoms with Crippen LogP contribution in [0.25, 0.3) is 5.82 Å². The summed E-state index contributed by atoms with van der Waals surface area (Å²) in [5, 5.41) is 23.0. The molecule has 2 heterocycles. The maximum atomic E-state index is 11.9. The number of amides is 1. The van der Waals surface area contributed by atoms with E-state index in [-0.39, 0.29) is 17.2 Å². The van der Waals surface area contributed by atoms with Crippen molar-refractivity contribution in [2.24, 2.45) is 0 Å². The molecular formula is C13H15N5O4. The van der Waals surface area contributed by atoms with Gasteiger partial charge >= 0.3 is 12.1 Å². The van der Waals surface area contributed by atoms with Crippen LogP contribution >= 0.6 is 0 Å². The van der Waals surface area contributed by atoms with Crippen molar-refractivity contribution in [3.8, 4) is 5.82 Å². The third-order valence-corrected chi connectivity index (χ3v) is 2.39. The summed E-state index contributed by atoms with van der Waals surface area (Å²) in [5.41, 5.74) is -0.901. The number of nitrogens with one attached hydrogen (secondary N) is 1. The van der Waals surface area contributed by atoms with Crippen LogP contribution in [0.3, 0.4) is 0 Å². The second kappa shape index (κ2) is 5.80. The fourth-order valence-corrected chi connectivity index (χ4v) is 1.61. The second-order valence-corrected chi connectivity index (χ2v) is 5.33. The van der Waals surface area contributed by atoms with Crippen molar-refractivity contribution in [3.05, 3.63) is 30.1 Å². The Hall–Kier alpha value is -2.97. The van der Waals surface area contributed by atoms with Crippen LogP contribution in [-0.4, -0.2) is 42.7 Å². The highest BCUT2D eigenvalue weighted by Crippen LogP contribution is 2.20. The van der Waals surface area contributed by atoms with Gasteiger partial charge in [0.05, 0.1) is 6.20 Å². The number of carboxylic acids is 1. The minimum atomic E-state index is -1.24. The van der Waals surface area contributed by atoms with E-state index in [0.29, 0.717) is 0 Å². The lowest BCUT2D eigenvalue weighted by Gasteiger charge is -2.20. The average Bonchev–Trinajstić information content (AvgIpc) is 2.81. The zero-order valence-corrected chi connectivity index (χ0v) is 12.3. The van der Waals surface area contributed by atoms with Crippen LogP contribution in [-0.2, 0) is 4.74 Å². The van der Waals surface area contributed by atoms with Crippen molar-refractivity contribution in [1.29, 1.82) is 0 Å². The van der Waals surface area contributed by atoms with Crippen molar-refractivity contribution in [3.63, 3.8) is 0 Å². The van der Waals surface area contributed by atoms with Crippen molar-refractivity contribution < 1.29 is 19.4 Å². The summed E-state index contributed by atoms with van der Waals surface area (Å²) >= 11 is 0. The van der Waals surface area contributed by atoms with Crippen molar-refractivity contribution in [2.75, 3.05) is 5.32 Å². The van der Waals surface area contributed by atoms with Gasteiger partial charge in [-0.15, -0.1) is 5.10 Å². The number of aromatic carboxylic acids is 1. The molecule has 116 valence electrons. The Morgan fingerprint density at radius 3 is 2.64 bits per heavy atom. The number of carboxylic acid groups (broad SMARTS) is 1. The molecule has 1 amide bonds. The molecule has 0 aliphatic heterocycles. The smallest absolute Gasteiger partial charge is 0.413 e. The first kappa shape index (κ1) is 15.4. The lowest BCUT2D eigenvalue weighted by molar-refractivity contribution is 0.0635. The lowest BCUT2D eigenvalue weighted by atomic mass is 10.2. The molecule has 0 fully saturated rings. The number of rotatable bonds is 3. The minimum Gasteiger partial charge on any atom is -0.477 e. The minimum absolute atomic E-state index is 0.0535. The van der Waals surface area contributed by atoms with Gasteiger partial charge in [0.1, 0.15) is 11.2 Å². The average molecular weight is 305 g/mol. The first-order valence-electron chi connectivity index (χ1n) is 6.37. The molecule has 0 spiro atoms. The molecule has 0 radical (unpaired) electrons. The van der Waals surface area contributed by atoms with E-state index in [0.717, 1.165) is 6.20 Å². The largest absolute Gasteiger partial charge is 0.477 e. The van der Waals surface area contributed by atoms with Gasteiger partial charge in [0, 0.05) is 6.20 Å². The second-order valence-electron chi connectivity index (χ2n) is 5.33. The SMILES string of the molecule is CC(C)(C)OC(=O)Nc1c(C(=O)O)cnn1-c1cccnn1. The summed E-state index contributed by atoms with van der Waals surface area (Å²) in [7, 11) is 0. The quantitative estimate of drug-likeness (QED) is 0.885. The zero-order valence-electron chi connectivity index (χ0n) is 12.3. The fourth-order valence-electron chi connectivity index (χ4n) is 1.61. The molecule has 0 bridgehead atoms. The number of anilines is 1. The summed E-state index contributed by atoms with van der Waals surface area (Å²) in [6.45, 7) is 5.10. The van der Waals surface area contributed by atoms with Gasteiger partial charge in [0.15, 0.2) is 11.6 Å². The van der Waals surface area contributed by atoms with E-state index in [1.807, 2.05) is 0 Å². The van der Waals surface area contributed by atoms with E-state index >= 15 is 0 Å². The summed E-state index contributed by atoms with van der Waals surface area (Å²) in [6.07, 6.45) is 1.79. The van der Waals surface area contributed by atoms with Crippen LogP contribution in [0.1, 0.15) is 31.1 Å². The molecule has 22 heavy (non-hydrogen) atoms. The lowest BCUT2D eigenvalue weighted by Crippen LogP contribution is -2.28. The summed E-state index contributed by atoms with van der Waals surface area (Å²) < 4.78 is 6.28. The van der Waals surface area contributed by atoms with Crippen LogP contribution in [0.5, 0.6) is 0 Å². The van der Waals surface area contributed by atoms with Gasteiger partial charge in [-0.3, -0.25) is 5.32 Å². The van der Waals surface area contributed by atoms with Gasteiger partial charge in [0.2, 0.25) is 0 Å². The van der Waals surface area contributed by atoms with Gasteiger partial charge in [-0.2, -0.15) is 14.9 Å². The maximum Gasteiger partial charge on any atom is 0.413 e. The summed E-state index contributed by atoms with van der Waals surface area (Å²) in [6, 6.07) is 3.19. The van der Waals surface area contributed by atoms with Gasteiger partial charge in [-0.05, 0) is 32.9 Å². The third-order valence-electron chi connectivity index (χ3n) is 2.39. The Morgan fingerprint density at radius 1 is 1.36 bits per heavy atom. The number of hydrogen-bond donors (Lipinski definition) is 2. The van der Waals surface area contributed by atoms with E-state index in [1.165, 1.54) is 10.9 Å². The molecule has 0 saturated carbocycles. The molecule has 9 nitrogen and oxygen atoms in total. The molecule has 2 aromatic rings. The molecule has 0 atom stereocenters. The molecule has 2 aromatic heterocycles. The first-order valence-corrected chi connectivity index (χ1v) is 6.37. The van der Waals surface area contributed by atoms with E-state index in [4.69, 9.17) is 4.74 Å². The number of carbonyl (C=O) groups excluding carboxylic acids is 1. The van der Waals surface area contributed by atoms with E-state index in [9.17, 15) is 14.7 Å². The summed E-state index contributed by atoms with van der Waals surface area (Å²) in [5.74, 6) is -1.02. The van der Waals surface area contributed by atoms with Crippen molar-refractivity contribution in [2.45, 2.75) is 26.4 Å². The Balaban J connectivity index is 2.38. The van der Waals surface area contributed by atoms with Gasteiger partial charge in [0.25, 0.3) is 0 Å². The molecule has 0 aliphatic carbocycles. The van der Waals surface area contributed by atoms with E-state index < -0.39 is 17.7 Å². The molecule has 0 unspecified atom stereocenters. The zero-order chi connectivity index (χ0) is 16.3. The highest BCUT2D eigenvalue weighted by molar-refractivity contribution is 5.97. The topological polar surface area (TPSA) is 119 Å². The van der Waals surface area contributed by atoms with E-state index in [2.05, 4.69) is 20.6 Å². The highest BCUT2D eigenvalue weighted by atomic mass is 16.6. The standard InChI is InChI=1S/C13H15N5O4/c1-13(2,3)22-12(21)16-10-8(11(19)20)7-15-18(10)9-5-4-6-14-17-9/h4-7H,1-3H3,(H,16,21)(H,19,20). The Bertz CT molecular complexity index is 690. The Kier molecular flexibility index (Phi) is 4.06. The van der Waals surface area contributed by atoms with E-state index in [1.54, 1.807) is 32.9 Å². The number of carbonyl (C=O) groups is 2. The van der Waals surface area contributed by atoms with Gasteiger partial charge < -0.3 is 9.84 Å². The number of hydrogen-bond acceptors (Lipinski definition) is 6. The van der Waals surface area contributed by atoms with Gasteiger partial charge in [-0.25, -0.2) is 9.59 Å². The third kappa shape index (κ3) is 3.57. The number of aromatic nitrogens is 4. The number of ether oxygens (including phenoxy) is 1. The monoisotopic (exact) mass is 305 g/mol. The predicted molar refractivity (Wildman–Crippen MR) is 76.0 cm³/mol. The molecule has 0 aromatic carbocycles. The van der Waals surface area contributed by atoms with Crippen molar-refractivity contribution >= 4 is 17.9 Å². The maximum absolute atomic E-state index is 11.9. The predicted octanol–water partition coefficient (Wildman–Crippen LogP) is 1.71. The van der Waals surface area contributed by atoms with Crippen LogP contribution in [0.4, 0.5) is 10.6 Å². The molecule has 2 N–H and O–H groups in total. The fraction of sp³-hybridized carbons (Fsp3) is 0.308. The normalized spacial score (nSPS) is 11.0. The van der Waals surface area contributed by atoms with Crippen LogP contribution in [0.2, 0.25) is 0 Å². The van der Waals surface area contributed by atoms with Crippen LogP contribution in [0.15, 0.2) is 24.5 Å².